The lowest BCUT2D eigenvalue weighted by molar-refractivity contribution is -0.170. The van der Waals surface area contributed by atoms with Crippen LogP contribution >= 0.6 is 0 Å². The molecule has 0 aliphatic rings. The summed E-state index contributed by atoms with van der Waals surface area (Å²) in [5, 5.41) is 18.7. The van der Waals surface area contributed by atoms with Gasteiger partial charge in [-0.15, -0.1) is 0 Å². The first-order valence-electron chi connectivity index (χ1n) is 6.07. The molecule has 0 saturated heterocycles. The summed E-state index contributed by atoms with van der Waals surface area (Å²) in [6.45, 7) is 2.17. The average molecular weight is 298 g/mol. The molecule has 116 valence electrons. The Hall–Kier alpha value is -2.32. The predicted molar refractivity (Wildman–Crippen MR) is 71.9 cm³/mol. The number of rotatable bonds is 6. The number of nitrogens with two attached hydrogens (primary N) is 1. The number of nitrogens with one attached hydrogen (secondary N) is 1. The van der Waals surface area contributed by atoms with Crippen LogP contribution in [0.1, 0.15) is 19.4 Å². The zero-order chi connectivity index (χ0) is 16.0. The molecular formula is C13H18N2O6. The first-order chi connectivity index (χ1) is 9.78. The molecule has 1 rings (SSSR count). The second kappa shape index (κ2) is 6.91. The van der Waals surface area contributed by atoms with Gasteiger partial charge in [0.05, 0.1) is 0 Å². The van der Waals surface area contributed by atoms with E-state index >= 15 is 0 Å². The Morgan fingerprint density at radius 2 is 1.95 bits per heavy atom. The van der Waals surface area contributed by atoms with Crippen LogP contribution in [0.4, 0.5) is 0 Å². The van der Waals surface area contributed by atoms with Gasteiger partial charge in [0.15, 0.2) is 11.5 Å². The second-order valence-corrected chi connectivity index (χ2v) is 4.66. The van der Waals surface area contributed by atoms with E-state index in [2.05, 4.69) is 10.2 Å². The highest BCUT2D eigenvalue weighted by atomic mass is 16.7. The molecule has 0 aliphatic carbocycles. The fourth-order valence-corrected chi connectivity index (χ4v) is 1.59. The number of carbonyl (C=O) groups excluding carboxylic acids is 2. The number of esters is 2. The van der Waals surface area contributed by atoms with E-state index in [1.54, 1.807) is 0 Å². The van der Waals surface area contributed by atoms with Gasteiger partial charge in [-0.25, -0.2) is 10.2 Å². The maximum atomic E-state index is 12.0. The topological polar surface area (TPSA) is 131 Å². The van der Waals surface area contributed by atoms with Crippen molar-refractivity contribution in [3.63, 3.8) is 0 Å². The van der Waals surface area contributed by atoms with Crippen molar-refractivity contribution in [2.75, 3.05) is 6.79 Å². The minimum Gasteiger partial charge on any atom is -0.504 e. The fraction of sp³-hybridized carbons (Fsp3) is 0.385. The number of aromatic hydroxyl groups is 2. The number of phenolic OH excluding ortho intramolecular Hbond substituents is 2. The van der Waals surface area contributed by atoms with Crippen LogP contribution in [-0.2, 0) is 25.5 Å². The van der Waals surface area contributed by atoms with Crippen molar-refractivity contribution in [1.82, 2.24) is 5.43 Å². The Balaban J connectivity index is 2.76. The first kappa shape index (κ1) is 16.7. The summed E-state index contributed by atoms with van der Waals surface area (Å²) in [4.78, 5) is 22.6. The molecule has 0 bridgehead atoms. The van der Waals surface area contributed by atoms with Crippen molar-refractivity contribution < 1.29 is 29.3 Å². The Bertz CT molecular complexity index is 533. The van der Waals surface area contributed by atoms with Crippen LogP contribution in [-0.4, -0.2) is 34.5 Å². The number of hydrogen-bond acceptors (Lipinski definition) is 8. The molecule has 1 aromatic carbocycles. The molecule has 8 nitrogen and oxygen atoms in total. The van der Waals surface area contributed by atoms with Crippen LogP contribution in [0.15, 0.2) is 18.2 Å². The zero-order valence-corrected chi connectivity index (χ0v) is 11.8. The molecule has 21 heavy (non-hydrogen) atoms. The summed E-state index contributed by atoms with van der Waals surface area (Å²) in [6.07, 6.45) is 0.0935. The van der Waals surface area contributed by atoms with Gasteiger partial charge in [0.2, 0.25) is 6.79 Å². The molecule has 0 radical (unpaired) electrons. The van der Waals surface area contributed by atoms with Gasteiger partial charge < -0.3 is 19.7 Å². The SMILES string of the molecule is CC(=O)OCOC(=O)[C@](C)(Cc1ccc(O)c(O)c1)NN. The van der Waals surface area contributed by atoms with E-state index in [0.29, 0.717) is 5.56 Å². The van der Waals surface area contributed by atoms with E-state index in [-0.39, 0.29) is 17.9 Å². The van der Waals surface area contributed by atoms with E-state index < -0.39 is 24.3 Å². The zero-order valence-electron chi connectivity index (χ0n) is 11.8. The summed E-state index contributed by atoms with van der Waals surface area (Å²) in [5.41, 5.74) is 1.60. The smallest absolute Gasteiger partial charge is 0.330 e. The number of hydrazine groups is 1. The first-order valence-corrected chi connectivity index (χ1v) is 6.07. The van der Waals surface area contributed by atoms with E-state index in [1.165, 1.54) is 32.0 Å². The van der Waals surface area contributed by atoms with Gasteiger partial charge in [-0.2, -0.15) is 0 Å². The molecule has 8 heteroatoms. The molecule has 0 unspecified atom stereocenters. The molecule has 0 aromatic heterocycles. The van der Waals surface area contributed by atoms with Gasteiger partial charge in [-0.1, -0.05) is 6.07 Å². The summed E-state index contributed by atoms with van der Waals surface area (Å²) >= 11 is 0. The number of phenols is 2. The largest absolute Gasteiger partial charge is 0.504 e. The van der Waals surface area contributed by atoms with Crippen LogP contribution in [0.25, 0.3) is 0 Å². The summed E-state index contributed by atoms with van der Waals surface area (Å²) in [5.74, 6) is 3.52. The highest BCUT2D eigenvalue weighted by Crippen LogP contribution is 2.26. The quantitative estimate of drug-likeness (QED) is 0.189. The molecule has 5 N–H and O–H groups in total. The standard InChI is InChI=1S/C13H18N2O6/c1-8(16)20-7-21-12(19)13(2,15-14)6-9-3-4-10(17)11(18)5-9/h3-5,15,17-18H,6-7,14H2,1-2H3/t13-/m0/s1. The molecule has 1 atom stereocenters. The van der Waals surface area contributed by atoms with Gasteiger partial charge in [0.25, 0.3) is 0 Å². The molecule has 1 aromatic rings. The lowest BCUT2D eigenvalue weighted by Crippen LogP contribution is -2.55. The molecule has 0 amide bonds. The monoisotopic (exact) mass is 298 g/mol. The van der Waals surface area contributed by atoms with Crippen molar-refractivity contribution >= 4 is 11.9 Å². The van der Waals surface area contributed by atoms with Crippen LogP contribution in [0, 0.1) is 0 Å². The van der Waals surface area contributed by atoms with E-state index in [9.17, 15) is 19.8 Å². The van der Waals surface area contributed by atoms with Crippen LogP contribution in [0.2, 0.25) is 0 Å². The maximum Gasteiger partial charge on any atom is 0.330 e. The van der Waals surface area contributed by atoms with Crippen LogP contribution in [0.3, 0.4) is 0 Å². The minimum atomic E-state index is -1.29. The minimum absolute atomic E-state index is 0.0935. The number of ether oxygens (including phenoxy) is 2. The van der Waals surface area contributed by atoms with Crippen molar-refractivity contribution in [3.05, 3.63) is 23.8 Å². The maximum absolute atomic E-state index is 12.0. The molecule has 0 saturated carbocycles. The summed E-state index contributed by atoms with van der Waals surface area (Å²) in [6, 6.07) is 4.14. The molecule has 0 aliphatic heterocycles. The van der Waals surface area contributed by atoms with E-state index in [4.69, 9.17) is 10.6 Å². The van der Waals surface area contributed by atoms with Crippen molar-refractivity contribution in [2.45, 2.75) is 25.8 Å². The number of hydrogen-bond donors (Lipinski definition) is 4. The van der Waals surface area contributed by atoms with Crippen LogP contribution in [0.5, 0.6) is 11.5 Å². The second-order valence-electron chi connectivity index (χ2n) is 4.66. The van der Waals surface area contributed by atoms with Gasteiger partial charge in [-0.3, -0.25) is 10.6 Å². The van der Waals surface area contributed by atoms with Crippen molar-refractivity contribution in [3.8, 4) is 11.5 Å². The Morgan fingerprint density at radius 1 is 1.29 bits per heavy atom. The third-order valence-electron chi connectivity index (χ3n) is 2.82. The molecule has 0 spiro atoms. The fourth-order valence-electron chi connectivity index (χ4n) is 1.59. The summed E-state index contributed by atoms with van der Waals surface area (Å²) < 4.78 is 9.31. The Kier molecular flexibility index (Phi) is 5.51. The average Bonchev–Trinajstić information content (AvgIpc) is 2.42. The Morgan fingerprint density at radius 3 is 2.48 bits per heavy atom. The van der Waals surface area contributed by atoms with Crippen molar-refractivity contribution in [1.29, 1.82) is 0 Å². The van der Waals surface area contributed by atoms with Crippen LogP contribution < -0.4 is 11.3 Å². The highest BCUT2D eigenvalue weighted by molar-refractivity contribution is 5.80. The van der Waals surface area contributed by atoms with Crippen molar-refractivity contribution in [2.24, 2.45) is 5.84 Å². The number of carbonyl (C=O) groups is 2. The van der Waals surface area contributed by atoms with E-state index in [1.807, 2.05) is 0 Å². The normalized spacial score (nSPS) is 13.3. The third-order valence-corrected chi connectivity index (χ3v) is 2.82. The van der Waals surface area contributed by atoms with Gasteiger partial charge in [0, 0.05) is 13.3 Å². The molecular weight excluding hydrogens is 280 g/mol. The van der Waals surface area contributed by atoms with Gasteiger partial charge in [-0.05, 0) is 24.6 Å². The number of benzene rings is 1. The van der Waals surface area contributed by atoms with E-state index in [0.717, 1.165) is 0 Å². The molecule has 0 fully saturated rings. The van der Waals surface area contributed by atoms with Gasteiger partial charge >= 0.3 is 11.9 Å². The third kappa shape index (κ3) is 4.62. The lowest BCUT2D eigenvalue weighted by atomic mass is 9.93. The predicted octanol–water partition coefficient (Wildman–Crippen LogP) is -0.0739. The van der Waals surface area contributed by atoms with Gasteiger partial charge in [0.1, 0.15) is 5.54 Å². The summed E-state index contributed by atoms with van der Waals surface area (Å²) in [7, 11) is 0. The lowest BCUT2D eigenvalue weighted by Gasteiger charge is -2.26. The highest BCUT2D eigenvalue weighted by Gasteiger charge is 2.34. The Labute approximate surface area is 121 Å². The molecule has 0 heterocycles.